The number of hydrogen-bond acceptors (Lipinski definition) is 5. The van der Waals surface area contributed by atoms with Gasteiger partial charge in [0.25, 0.3) is 0 Å². The number of carboxylic acid groups (broad SMARTS) is 1. The van der Waals surface area contributed by atoms with Crippen molar-refractivity contribution in [3.63, 3.8) is 0 Å². The molecule has 4 N–H and O–H groups in total. The van der Waals surface area contributed by atoms with Gasteiger partial charge in [0.05, 0.1) is 11.7 Å². The summed E-state index contributed by atoms with van der Waals surface area (Å²) in [6.07, 6.45) is -3.34. The minimum Gasteiger partial charge on any atom is -0.478 e. The quantitative estimate of drug-likeness (QED) is 0.626. The molecule has 0 fully saturated rings. The summed E-state index contributed by atoms with van der Waals surface area (Å²) in [7, 11) is 0. The Bertz CT molecular complexity index is 599. The van der Waals surface area contributed by atoms with E-state index >= 15 is 0 Å². The van der Waals surface area contributed by atoms with Crippen LogP contribution in [0.15, 0.2) is 18.2 Å². The van der Waals surface area contributed by atoms with Gasteiger partial charge >= 0.3 is 12.1 Å². The van der Waals surface area contributed by atoms with Crippen molar-refractivity contribution in [2.75, 3.05) is 6.54 Å². The number of aromatic carboxylic acids is 1. The summed E-state index contributed by atoms with van der Waals surface area (Å²) in [4.78, 5) is 22.3. The molecule has 134 valence electrons. The molecule has 0 heterocycles. The van der Waals surface area contributed by atoms with E-state index in [2.05, 4.69) is 5.32 Å². The highest BCUT2D eigenvalue weighted by Crippen LogP contribution is 2.21. The number of alkyl carbamates (subject to hydrolysis) is 1. The fraction of sp³-hybridized carbons (Fsp3) is 0.500. The number of aliphatic hydroxyl groups is 2. The van der Waals surface area contributed by atoms with Crippen molar-refractivity contribution in [1.29, 1.82) is 0 Å². The van der Waals surface area contributed by atoms with Crippen molar-refractivity contribution in [3.05, 3.63) is 35.1 Å². The number of halogens is 1. The number of amides is 1. The first kappa shape index (κ1) is 19.9. The number of benzene rings is 1. The molecule has 1 aromatic carbocycles. The number of hydrogen-bond donors (Lipinski definition) is 4. The maximum Gasteiger partial charge on any atom is 0.407 e. The highest BCUT2D eigenvalue weighted by molar-refractivity contribution is 5.88. The van der Waals surface area contributed by atoms with Crippen LogP contribution < -0.4 is 5.32 Å². The number of carbonyl (C=O) groups excluding carboxylic acids is 1. The largest absolute Gasteiger partial charge is 0.478 e. The third-order valence-corrected chi connectivity index (χ3v) is 3.04. The van der Waals surface area contributed by atoms with Gasteiger partial charge in [-0.2, -0.15) is 0 Å². The maximum atomic E-state index is 13.3. The van der Waals surface area contributed by atoms with Gasteiger partial charge in [0, 0.05) is 6.54 Å². The lowest BCUT2D eigenvalue weighted by Crippen LogP contribution is -2.34. The molecule has 0 aliphatic carbocycles. The Kier molecular flexibility index (Phi) is 6.68. The number of nitrogens with one attached hydrogen (secondary N) is 1. The number of carbonyl (C=O) groups is 2. The van der Waals surface area contributed by atoms with E-state index in [-0.39, 0.29) is 18.5 Å². The van der Waals surface area contributed by atoms with Gasteiger partial charge in [0.2, 0.25) is 0 Å². The minimum atomic E-state index is -1.47. The number of rotatable bonds is 6. The molecular weight excluding hydrogens is 321 g/mol. The molecule has 8 heteroatoms. The summed E-state index contributed by atoms with van der Waals surface area (Å²) >= 11 is 0. The summed E-state index contributed by atoms with van der Waals surface area (Å²) in [6.45, 7) is 5.17. The molecule has 7 nitrogen and oxygen atoms in total. The summed E-state index contributed by atoms with van der Waals surface area (Å²) in [5.74, 6) is -2.40. The molecule has 2 unspecified atom stereocenters. The average molecular weight is 343 g/mol. The molecule has 1 aromatic rings. The van der Waals surface area contributed by atoms with Crippen LogP contribution in [-0.4, -0.2) is 45.6 Å². The van der Waals surface area contributed by atoms with E-state index in [4.69, 9.17) is 9.84 Å². The molecule has 0 aliphatic heterocycles. The van der Waals surface area contributed by atoms with Crippen LogP contribution >= 0.6 is 0 Å². The van der Waals surface area contributed by atoms with Crippen molar-refractivity contribution in [2.45, 2.75) is 45.0 Å². The van der Waals surface area contributed by atoms with Gasteiger partial charge in [-0.3, -0.25) is 0 Å². The standard InChI is InChI=1S/C16H22FNO6/c1-16(2,3)24-15(23)18-7-6-12(19)13(20)9-4-5-11(17)10(8-9)14(21)22/h4-5,8,12-13,19-20H,6-7H2,1-3H3,(H,18,23)(H,21,22). The normalized spacial score (nSPS) is 13.9. The minimum absolute atomic E-state index is 0.000189. The Balaban J connectivity index is 2.59. The maximum absolute atomic E-state index is 13.3. The van der Waals surface area contributed by atoms with Crippen LogP contribution in [0.4, 0.5) is 9.18 Å². The Labute approximate surface area is 139 Å². The second kappa shape index (κ2) is 8.07. The topological polar surface area (TPSA) is 116 Å². The van der Waals surface area contributed by atoms with E-state index in [0.717, 1.165) is 12.1 Å². The van der Waals surface area contributed by atoms with Crippen molar-refractivity contribution in [1.82, 2.24) is 5.32 Å². The van der Waals surface area contributed by atoms with Crippen LogP contribution in [0.3, 0.4) is 0 Å². The fourth-order valence-electron chi connectivity index (χ4n) is 1.91. The van der Waals surface area contributed by atoms with Crippen molar-refractivity contribution < 1.29 is 34.0 Å². The van der Waals surface area contributed by atoms with Crippen molar-refractivity contribution >= 4 is 12.1 Å². The Morgan fingerprint density at radius 2 is 1.92 bits per heavy atom. The van der Waals surface area contributed by atoms with Crippen LogP contribution in [0.5, 0.6) is 0 Å². The van der Waals surface area contributed by atoms with E-state index < -0.39 is 41.3 Å². The molecule has 2 atom stereocenters. The first-order chi connectivity index (χ1) is 11.0. The molecule has 0 aliphatic rings. The van der Waals surface area contributed by atoms with Gasteiger partial charge in [0.1, 0.15) is 17.5 Å². The lowest BCUT2D eigenvalue weighted by atomic mass is 10.00. The molecule has 0 spiro atoms. The molecule has 1 rings (SSSR count). The predicted molar refractivity (Wildman–Crippen MR) is 83.2 cm³/mol. The van der Waals surface area contributed by atoms with Crippen LogP contribution in [0, 0.1) is 5.82 Å². The second-order valence-electron chi connectivity index (χ2n) is 6.27. The first-order valence-electron chi connectivity index (χ1n) is 7.37. The van der Waals surface area contributed by atoms with E-state index in [1.54, 1.807) is 20.8 Å². The first-order valence-corrected chi connectivity index (χ1v) is 7.37. The van der Waals surface area contributed by atoms with E-state index in [1.165, 1.54) is 6.07 Å². The highest BCUT2D eigenvalue weighted by atomic mass is 19.1. The third-order valence-electron chi connectivity index (χ3n) is 3.04. The van der Waals surface area contributed by atoms with Crippen molar-refractivity contribution in [3.8, 4) is 0 Å². The molecule has 24 heavy (non-hydrogen) atoms. The zero-order valence-corrected chi connectivity index (χ0v) is 13.7. The zero-order valence-electron chi connectivity index (χ0n) is 13.7. The number of carboxylic acids is 1. The molecule has 0 radical (unpaired) electrons. The SMILES string of the molecule is CC(C)(C)OC(=O)NCCC(O)C(O)c1ccc(F)c(C(=O)O)c1. The van der Waals surface area contributed by atoms with Gasteiger partial charge in [-0.15, -0.1) is 0 Å². The van der Waals surface area contributed by atoms with Gasteiger partial charge in [-0.05, 0) is 44.9 Å². The summed E-state index contributed by atoms with van der Waals surface area (Å²) in [5.41, 5.74) is -1.17. The zero-order chi connectivity index (χ0) is 18.5. The average Bonchev–Trinajstić information content (AvgIpc) is 2.44. The fourth-order valence-corrected chi connectivity index (χ4v) is 1.91. The summed E-state index contributed by atoms with van der Waals surface area (Å²) in [5, 5.41) is 31.2. The second-order valence-corrected chi connectivity index (χ2v) is 6.27. The smallest absolute Gasteiger partial charge is 0.407 e. The Morgan fingerprint density at radius 3 is 2.46 bits per heavy atom. The molecule has 0 saturated heterocycles. The van der Waals surface area contributed by atoms with Crippen LogP contribution in [0.25, 0.3) is 0 Å². The monoisotopic (exact) mass is 343 g/mol. The highest BCUT2D eigenvalue weighted by Gasteiger charge is 2.22. The molecular formula is C16H22FNO6. The third kappa shape index (κ3) is 6.13. The van der Waals surface area contributed by atoms with E-state index in [9.17, 15) is 24.2 Å². The van der Waals surface area contributed by atoms with Crippen LogP contribution in [0.2, 0.25) is 0 Å². The van der Waals surface area contributed by atoms with E-state index in [0.29, 0.717) is 0 Å². The van der Waals surface area contributed by atoms with Gasteiger partial charge < -0.3 is 25.4 Å². The Morgan fingerprint density at radius 1 is 1.29 bits per heavy atom. The van der Waals surface area contributed by atoms with Crippen LogP contribution in [0.1, 0.15) is 49.2 Å². The molecule has 0 saturated carbocycles. The number of aliphatic hydroxyl groups excluding tert-OH is 2. The lowest BCUT2D eigenvalue weighted by Gasteiger charge is -2.21. The van der Waals surface area contributed by atoms with Crippen LogP contribution in [-0.2, 0) is 4.74 Å². The molecule has 0 bridgehead atoms. The van der Waals surface area contributed by atoms with E-state index in [1.807, 2.05) is 0 Å². The molecule has 0 aromatic heterocycles. The van der Waals surface area contributed by atoms with Gasteiger partial charge in [-0.25, -0.2) is 14.0 Å². The molecule has 1 amide bonds. The predicted octanol–water partition coefficient (Wildman–Crippen LogP) is 1.83. The summed E-state index contributed by atoms with van der Waals surface area (Å²) in [6, 6.07) is 3.07. The van der Waals surface area contributed by atoms with Gasteiger partial charge in [0.15, 0.2) is 0 Å². The van der Waals surface area contributed by atoms with Crippen molar-refractivity contribution in [2.24, 2.45) is 0 Å². The number of ether oxygens (including phenoxy) is 1. The summed E-state index contributed by atoms with van der Waals surface area (Å²) < 4.78 is 18.3. The lowest BCUT2D eigenvalue weighted by molar-refractivity contribution is 0.0121. The van der Waals surface area contributed by atoms with Gasteiger partial charge in [-0.1, -0.05) is 6.07 Å². The Hall–Kier alpha value is -2.19.